The minimum absolute atomic E-state index is 0.0276. The van der Waals surface area contributed by atoms with Crippen LogP contribution in [-0.2, 0) is 4.74 Å². The predicted octanol–water partition coefficient (Wildman–Crippen LogP) is 4.36. The average molecular weight is 316 g/mol. The molecular formula is C16H30ClN3O. The van der Waals surface area contributed by atoms with E-state index in [1.54, 1.807) is 6.20 Å². The Morgan fingerprint density at radius 2 is 2.05 bits per heavy atom. The summed E-state index contributed by atoms with van der Waals surface area (Å²) in [6, 6.07) is 0.293. The Hall–Kier alpha value is -0.580. The zero-order valence-electron chi connectivity index (χ0n) is 14.2. The number of rotatable bonds is 9. The lowest BCUT2D eigenvalue weighted by Crippen LogP contribution is -2.45. The Kier molecular flexibility index (Phi) is 7.17. The van der Waals surface area contributed by atoms with Crippen molar-refractivity contribution < 1.29 is 4.74 Å². The third-order valence-corrected chi connectivity index (χ3v) is 4.23. The molecule has 1 rings (SSSR count). The van der Waals surface area contributed by atoms with Crippen molar-refractivity contribution in [3.05, 3.63) is 16.9 Å². The molecular weight excluding hydrogens is 286 g/mol. The molecule has 0 aliphatic rings. The van der Waals surface area contributed by atoms with E-state index in [1.165, 1.54) is 0 Å². The largest absolute Gasteiger partial charge is 0.374 e. The molecule has 21 heavy (non-hydrogen) atoms. The van der Waals surface area contributed by atoms with Gasteiger partial charge < -0.3 is 10.1 Å². The van der Waals surface area contributed by atoms with Crippen LogP contribution in [0.3, 0.4) is 0 Å². The molecule has 122 valence electrons. The molecule has 1 aromatic rings. The number of hydrogen-bond acceptors (Lipinski definition) is 3. The van der Waals surface area contributed by atoms with Crippen LogP contribution in [-0.4, -0.2) is 28.5 Å². The molecule has 1 heterocycles. The SMILES string of the molecule is CCCNC(c1c(Cl)cnn1C(C)C)C(C)(CC)OCC. The zero-order valence-corrected chi connectivity index (χ0v) is 15.0. The van der Waals surface area contributed by atoms with Gasteiger partial charge in [0, 0.05) is 12.6 Å². The molecule has 0 amide bonds. The highest BCUT2D eigenvalue weighted by Gasteiger charge is 2.38. The molecule has 2 unspecified atom stereocenters. The highest BCUT2D eigenvalue weighted by molar-refractivity contribution is 6.31. The maximum absolute atomic E-state index is 6.45. The summed E-state index contributed by atoms with van der Waals surface area (Å²) in [5, 5.41) is 8.76. The average Bonchev–Trinajstić information content (AvgIpc) is 2.82. The number of ether oxygens (including phenoxy) is 1. The molecule has 0 aliphatic carbocycles. The Morgan fingerprint density at radius 1 is 1.38 bits per heavy atom. The molecule has 0 saturated carbocycles. The lowest BCUT2D eigenvalue weighted by atomic mass is 9.90. The van der Waals surface area contributed by atoms with E-state index in [-0.39, 0.29) is 17.7 Å². The fraction of sp³-hybridized carbons (Fsp3) is 0.812. The van der Waals surface area contributed by atoms with E-state index in [1.807, 2.05) is 11.6 Å². The summed E-state index contributed by atoms with van der Waals surface area (Å²) in [5.41, 5.74) is 0.721. The van der Waals surface area contributed by atoms with Crippen LogP contribution in [0.1, 0.15) is 72.2 Å². The van der Waals surface area contributed by atoms with Gasteiger partial charge in [0.15, 0.2) is 0 Å². The smallest absolute Gasteiger partial charge is 0.0861 e. The highest BCUT2D eigenvalue weighted by Crippen LogP contribution is 2.36. The van der Waals surface area contributed by atoms with Crippen molar-refractivity contribution in [2.45, 2.75) is 72.1 Å². The second kappa shape index (κ2) is 8.16. The van der Waals surface area contributed by atoms with Crippen molar-refractivity contribution in [2.24, 2.45) is 0 Å². The van der Waals surface area contributed by atoms with Crippen molar-refractivity contribution in [1.29, 1.82) is 0 Å². The van der Waals surface area contributed by atoms with Crippen LogP contribution in [0.4, 0.5) is 0 Å². The highest BCUT2D eigenvalue weighted by atomic mass is 35.5. The second-order valence-electron chi connectivity index (χ2n) is 5.90. The fourth-order valence-electron chi connectivity index (χ4n) is 2.64. The first-order valence-electron chi connectivity index (χ1n) is 8.01. The van der Waals surface area contributed by atoms with Gasteiger partial charge in [0.05, 0.1) is 28.6 Å². The number of nitrogens with zero attached hydrogens (tertiary/aromatic N) is 2. The molecule has 0 bridgehead atoms. The van der Waals surface area contributed by atoms with E-state index in [4.69, 9.17) is 16.3 Å². The first-order valence-corrected chi connectivity index (χ1v) is 8.39. The summed E-state index contributed by atoms with van der Waals surface area (Å²) in [6.07, 6.45) is 3.71. The minimum atomic E-state index is -0.305. The number of aromatic nitrogens is 2. The van der Waals surface area contributed by atoms with Gasteiger partial charge in [0.2, 0.25) is 0 Å². The van der Waals surface area contributed by atoms with Gasteiger partial charge in [0.25, 0.3) is 0 Å². The first kappa shape index (κ1) is 18.5. The van der Waals surface area contributed by atoms with Gasteiger partial charge >= 0.3 is 0 Å². The van der Waals surface area contributed by atoms with Gasteiger partial charge in [0.1, 0.15) is 0 Å². The van der Waals surface area contributed by atoms with Crippen molar-refractivity contribution >= 4 is 11.6 Å². The van der Waals surface area contributed by atoms with E-state index in [2.05, 4.69) is 45.0 Å². The molecule has 0 aliphatic heterocycles. The van der Waals surface area contributed by atoms with Crippen LogP contribution in [0.2, 0.25) is 5.02 Å². The van der Waals surface area contributed by atoms with Crippen LogP contribution in [0, 0.1) is 0 Å². The lowest BCUT2D eigenvalue weighted by Gasteiger charge is -2.38. The molecule has 5 heteroatoms. The number of hydrogen-bond donors (Lipinski definition) is 1. The van der Waals surface area contributed by atoms with Crippen LogP contribution in [0.25, 0.3) is 0 Å². The van der Waals surface area contributed by atoms with Crippen LogP contribution in [0.5, 0.6) is 0 Å². The molecule has 2 atom stereocenters. The van der Waals surface area contributed by atoms with Gasteiger partial charge in [-0.15, -0.1) is 0 Å². The predicted molar refractivity (Wildman–Crippen MR) is 89.0 cm³/mol. The van der Waals surface area contributed by atoms with E-state index >= 15 is 0 Å². The molecule has 0 saturated heterocycles. The first-order chi connectivity index (χ1) is 9.91. The molecule has 0 radical (unpaired) electrons. The van der Waals surface area contributed by atoms with Crippen molar-refractivity contribution in [3.8, 4) is 0 Å². The van der Waals surface area contributed by atoms with Gasteiger partial charge in [-0.25, -0.2) is 0 Å². The summed E-state index contributed by atoms with van der Waals surface area (Å²) in [6.45, 7) is 14.3. The van der Waals surface area contributed by atoms with Crippen LogP contribution < -0.4 is 5.32 Å². The normalized spacial score (nSPS) is 16.2. The van der Waals surface area contributed by atoms with E-state index in [0.29, 0.717) is 11.6 Å². The van der Waals surface area contributed by atoms with Gasteiger partial charge in [-0.3, -0.25) is 4.68 Å². The number of nitrogens with one attached hydrogen (secondary N) is 1. The van der Waals surface area contributed by atoms with Crippen molar-refractivity contribution in [3.63, 3.8) is 0 Å². The Labute approximate surface area is 134 Å². The van der Waals surface area contributed by atoms with E-state index < -0.39 is 0 Å². The molecule has 0 spiro atoms. The van der Waals surface area contributed by atoms with E-state index in [9.17, 15) is 0 Å². The molecule has 1 aromatic heterocycles. The van der Waals surface area contributed by atoms with Crippen molar-refractivity contribution in [1.82, 2.24) is 15.1 Å². The Balaban J connectivity index is 3.27. The maximum Gasteiger partial charge on any atom is 0.0861 e. The van der Waals surface area contributed by atoms with Gasteiger partial charge in [-0.05, 0) is 47.1 Å². The van der Waals surface area contributed by atoms with Gasteiger partial charge in [-0.2, -0.15) is 5.10 Å². The molecule has 0 aromatic carbocycles. The summed E-state index contributed by atoms with van der Waals surface area (Å²) >= 11 is 6.45. The van der Waals surface area contributed by atoms with Crippen LogP contribution in [0.15, 0.2) is 6.20 Å². The molecule has 0 fully saturated rings. The maximum atomic E-state index is 6.45. The topological polar surface area (TPSA) is 39.1 Å². The summed E-state index contributed by atoms with van der Waals surface area (Å²) < 4.78 is 8.09. The Bertz CT molecular complexity index is 433. The standard InChI is InChI=1S/C16H30ClN3O/c1-7-10-18-15(16(6,8-2)21-9-3)14-13(17)11-19-20(14)12(4)5/h11-12,15,18H,7-10H2,1-6H3. The zero-order chi connectivity index (χ0) is 16.0. The van der Waals surface area contributed by atoms with Gasteiger partial charge in [-0.1, -0.05) is 25.4 Å². The fourth-order valence-corrected chi connectivity index (χ4v) is 2.88. The molecule has 4 nitrogen and oxygen atoms in total. The Morgan fingerprint density at radius 3 is 2.52 bits per heavy atom. The third-order valence-electron chi connectivity index (χ3n) is 3.93. The third kappa shape index (κ3) is 4.21. The van der Waals surface area contributed by atoms with Crippen molar-refractivity contribution in [2.75, 3.05) is 13.2 Å². The van der Waals surface area contributed by atoms with Crippen LogP contribution >= 0.6 is 11.6 Å². The van der Waals surface area contributed by atoms with E-state index in [0.717, 1.165) is 25.1 Å². The number of halogens is 1. The summed E-state index contributed by atoms with van der Waals surface area (Å²) in [7, 11) is 0. The second-order valence-corrected chi connectivity index (χ2v) is 6.31. The summed E-state index contributed by atoms with van der Waals surface area (Å²) in [4.78, 5) is 0. The quantitative estimate of drug-likeness (QED) is 0.735. The summed E-state index contributed by atoms with van der Waals surface area (Å²) in [5.74, 6) is 0. The monoisotopic (exact) mass is 315 g/mol. The minimum Gasteiger partial charge on any atom is -0.374 e. The molecule has 1 N–H and O–H groups in total. The lowest BCUT2D eigenvalue weighted by molar-refractivity contribution is -0.0583.